The van der Waals surface area contributed by atoms with Crippen LogP contribution in [-0.2, 0) is 0 Å². The van der Waals surface area contributed by atoms with E-state index in [0.717, 1.165) is 18.8 Å². The number of aromatic nitrogens is 4. The van der Waals surface area contributed by atoms with Crippen LogP contribution in [0.15, 0.2) is 37.1 Å². The van der Waals surface area contributed by atoms with Gasteiger partial charge in [0.05, 0.1) is 5.69 Å². The average molecular weight is 253 g/mol. The quantitative estimate of drug-likeness (QED) is 0.757. The van der Waals surface area contributed by atoms with Gasteiger partial charge in [-0.1, -0.05) is 0 Å². The number of hydrogen-bond acceptors (Lipinski definition) is 3. The van der Waals surface area contributed by atoms with Gasteiger partial charge in [-0.3, -0.25) is 0 Å². The van der Waals surface area contributed by atoms with Crippen molar-refractivity contribution in [3.8, 4) is 5.69 Å². The fraction of sp³-hybridized carbons (Fsp3) is 0.286. The third-order valence-electron chi connectivity index (χ3n) is 3.88. The highest BCUT2D eigenvalue weighted by Gasteiger charge is 2.26. The zero-order chi connectivity index (χ0) is 12.8. The molecular weight excluding hydrogens is 238 g/mol. The number of aromatic amines is 1. The van der Waals surface area contributed by atoms with E-state index in [-0.39, 0.29) is 0 Å². The van der Waals surface area contributed by atoms with E-state index < -0.39 is 0 Å². The summed E-state index contributed by atoms with van der Waals surface area (Å²) in [6, 6.07) is 6.36. The molecule has 1 aliphatic heterocycles. The Morgan fingerprint density at radius 2 is 2.21 bits per heavy atom. The second-order valence-electron chi connectivity index (χ2n) is 5.23. The third kappa shape index (κ3) is 1.66. The molecule has 0 amide bonds. The van der Waals surface area contributed by atoms with Crippen LogP contribution in [0.5, 0.6) is 0 Å². The summed E-state index contributed by atoms with van der Waals surface area (Å²) in [4.78, 5) is 9.70. The van der Waals surface area contributed by atoms with E-state index in [1.807, 2.05) is 0 Å². The number of benzene rings is 1. The summed E-state index contributed by atoms with van der Waals surface area (Å²) in [6.45, 7) is 2.28. The van der Waals surface area contributed by atoms with Crippen molar-refractivity contribution in [2.24, 2.45) is 0 Å². The van der Waals surface area contributed by atoms with Crippen molar-refractivity contribution >= 4 is 10.9 Å². The molecule has 1 aliphatic rings. The molecule has 0 atom stereocenters. The van der Waals surface area contributed by atoms with Crippen molar-refractivity contribution in [3.05, 3.63) is 42.6 Å². The van der Waals surface area contributed by atoms with Gasteiger partial charge >= 0.3 is 0 Å². The number of nitrogens with one attached hydrogen (secondary N) is 1. The highest BCUT2D eigenvalue weighted by Crippen LogP contribution is 2.32. The van der Waals surface area contributed by atoms with Crippen LogP contribution >= 0.6 is 0 Å². The van der Waals surface area contributed by atoms with Crippen LogP contribution in [0.3, 0.4) is 0 Å². The van der Waals surface area contributed by atoms with Crippen LogP contribution in [0.2, 0.25) is 0 Å². The predicted molar refractivity (Wildman–Crippen MR) is 73.5 cm³/mol. The molecule has 4 rings (SSSR count). The maximum absolute atomic E-state index is 4.19. The van der Waals surface area contributed by atoms with E-state index in [4.69, 9.17) is 0 Å². The molecule has 0 spiro atoms. The molecule has 0 bridgehead atoms. The lowest BCUT2D eigenvalue weighted by Crippen LogP contribution is -2.41. The molecule has 96 valence electrons. The lowest BCUT2D eigenvalue weighted by atomic mass is 9.92. The topological polar surface area (TPSA) is 49.7 Å². The Hall–Kier alpha value is -2.14. The molecule has 5 heteroatoms. The van der Waals surface area contributed by atoms with Crippen LogP contribution in [0, 0.1) is 0 Å². The molecular formula is C14H15N5. The van der Waals surface area contributed by atoms with Crippen LogP contribution in [0.25, 0.3) is 16.6 Å². The van der Waals surface area contributed by atoms with E-state index in [1.54, 1.807) is 17.3 Å². The highest BCUT2D eigenvalue weighted by atomic mass is 15.3. The minimum absolute atomic E-state index is 0.643. The summed E-state index contributed by atoms with van der Waals surface area (Å²) in [5.74, 6) is 0.643. The Labute approximate surface area is 110 Å². The van der Waals surface area contributed by atoms with Gasteiger partial charge in [-0.15, -0.1) is 0 Å². The standard InChI is InChI=1S/C14H15N5/c1-18-6-10(7-18)13-5-16-14-3-2-11(4-12(13)14)19-9-15-8-17-19/h2-5,8-10,16H,6-7H2,1H3. The normalized spacial score (nSPS) is 16.9. The van der Waals surface area contributed by atoms with Gasteiger partial charge in [0.2, 0.25) is 0 Å². The van der Waals surface area contributed by atoms with Crippen molar-refractivity contribution in [1.29, 1.82) is 0 Å². The Balaban J connectivity index is 1.81. The SMILES string of the molecule is CN1CC(c2c[nH]c3ccc(-n4cncn4)cc23)C1. The van der Waals surface area contributed by atoms with Crippen molar-refractivity contribution in [3.63, 3.8) is 0 Å². The van der Waals surface area contributed by atoms with Crippen LogP contribution in [0.4, 0.5) is 0 Å². The molecule has 3 heterocycles. The molecule has 1 fully saturated rings. The number of hydrogen-bond donors (Lipinski definition) is 1. The van der Waals surface area contributed by atoms with Gasteiger partial charge < -0.3 is 9.88 Å². The minimum Gasteiger partial charge on any atom is -0.361 e. The lowest BCUT2D eigenvalue weighted by Gasteiger charge is -2.36. The second kappa shape index (κ2) is 3.93. The Kier molecular flexibility index (Phi) is 2.22. The van der Waals surface area contributed by atoms with Gasteiger partial charge in [0.1, 0.15) is 12.7 Å². The van der Waals surface area contributed by atoms with E-state index in [0.29, 0.717) is 5.92 Å². The average Bonchev–Trinajstić information content (AvgIpc) is 3.04. The monoisotopic (exact) mass is 253 g/mol. The van der Waals surface area contributed by atoms with Gasteiger partial charge in [-0.05, 0) is 30.8 Å². The zero-order valence-electron chi connectivity index (χ0n) is 10.7. The van der Waals surface area contributed by atoms with E-state index in [2.05, 4.69) is 51.4 Å². The maximum atomic E-state index is 4.19. The number of rotatable bonds is 2. The number of likely N-dealkylation sites (N-methyl/N-ethyl adjacent to an activating group) is 1. The molecule has 5 nitrogen and oxygen atoms in total. The number of likely N-dealkylation sites (tertiary alicyclic amines) is 1. The zero-order valence-corrected chi connectivity index (χ0v) is 10.7. The summed E-state index contributed by atoms with van der Waals surface area (Å²) in [5.41, 5.74) is 3.65. The molecule has 19 heavy (non-hydrogen) atoms. The van der Waals surface area contributed by atoms with E-state index in [9.17, 15) is 0 Å². The summed E-state index contributed by atoms with van der Waals surface area (Å²) < 4.78 is 1.79. The van der Waals surface area contributed by atoms with Crippen molar-refractivity contribution < 1.29 is 0 Å². The number of fused-ring (bicyclic) bond motifs is 1. The Morgan fingerprint density at radius 1 is 1.32 bits per heavy atom. The molecule has 1 saturated heterocycles. The molecule has 1 aromatic carbocycles. The first kappa shape index (κ1) is 10.8. The molecule has 0 saturated carbocycles. The smallest absolute Gasteiger partial charge is 0.138 e. The van der Waals surface area contributed by atoms with E-state index >= 15 is 0 Å². The van der Waals surface area contributed by atoms with Crippen molar-refractivity contribution in [2.45, 2.75) is 5.92 Å². The van der Waals surface area contributed by atoms with Crippen LogP contribution in [-0.4, -0.2) is 44.8 Å². The molecule has 1 N–H and O–H groups in total. The minimum atomic E-state index is 0.643. The Bertz CT molecular complexity index is 707. The first-order valence-electron chi connectivity index (χ1n) is 6.46. The third-order valence-corrected chi connectivity index (χ3v) is 3.88. The molecule has 0 aliphatic carbocycles. The second-order valence-corrected chi connectivity index (χ2v) is 5.23. The summed E-state index contributed by atoms with van der Waals surface area (Å²) in [7, 11) is 2.16. The van der Waals surface area contributed by atoms with Crippen LogP contribution < -0.4 is 0 Å². The fourth-order valence-electron chi connectivity index (χ4n) is 2.85. The van der Waals surface area contributed by atoms with Gasteiger partial charge in [0.25, 0.3) is 0 Å². The maximum Gasteiger partial charge on any atom is 0.138 e. The van der Waals surface area contributed by atoms with Crippen molar-refractivity contribution in [2.75, 3.05) is 20.1 Å². The summed E-state index contributed by atoms with van der Waals surface area (Å²) >= 11 is 0. The predicted octanol–water partition coefficient (Wildman–Crippen LogP) is 1.78. The fourth-order valence-corrected chi connectivity index (χ4v) is 2.85. The van der Waals surface area contributed by atoms with Crippen molar-refractivity contribution in [1.82, 2.24) is 24.6 Å². The largest absolute Gasteiger partial charge is 0.361 e. The van der Waals surface area contributed by atoms with E-state index in [1.165, 1.54) is 16.5 Å². The highest BCUT2D eigenvalue weighted by molar-refractivity contribution is 5.85. The molecule has 0 unspecified atom stereocenters. The lowest BCUT2D eigenvalue weighted by molar-refractivity contribution is 0.190. The van der Waals surface area contributed by atoms with Gasteiger partial charge in [-0.25, -0.2) is 9.67 Å². The summed E-state index contributed by atoms with van der Waals surface area (Å²) in [5, 5.41) is 5.48. The van der Waals surface area contributed by atoms with Gasteiger partial charge in [0.15, 0.2) is 0 Å². The number of H-pyrrole nitrogens is 1. The molecule has 0 radical (unpaired) electrons. The molecule has 2 aromatic heterocycles. The first-order chi connectivity index (χ1) is 9.31. The molecule has 3 aromatic rings. The van der Waals surface area contributed by atoms with Gasteiger partial charge in [0, 0.05) is 36.1 Å². The van der Waals surface area contributed by atoms with Crippen LogP contribution in [0.1, 0.15) is 11.5 Å². The Morgan fingerprint density at radius 3 is 2.95 bits per heavy atom. The summed E-state index contributed by atoms with van der Waals surface area (Å²) in [6.07, 6.45) is 5.43. The van der Waals surface area contributed by atoms with Gasteiger partial charge in [-0.2, -0.15) is 5.10 Å². The first-order valence-corrected chi connectivity index (χ1v) is 6.46. The number of nitrogens with zero attached hydrogens (tertiary/aromatic N) is 4.